The van der Waals surface area contributed by atoms with E-state index in [0.29, 0.717) is 17.5 Å². The van der Waals surface area contributed by atoms with Gasteiger partial charge in [-0.2, -0.15) is 4.98 Å². The van der Waals surface area contributed by atoms with Crippen LogP contribution in [0.1, 0.15) is 0 Å². The van der Waals surface area contributed by atoms with Crippen LogP contribution >= 0.6 is 0 Å². The summed E-state index contributed by atoms with van der Waals surface area (Å²) in [7, 11) is 1.75. The van der Waals surface area contributed by atoms with E-state index in [1.807, 2.05) is 12.1 Å². The van der Waals surface area contributed by atoms with Gasteiger partial charge in [0.15, 0.2) is 5.76 Å². The summed E-state index contributed by atoms with van der Waals surface area (Å²) in [6, 6.07) is 4.13. The molecule has 0 aliphatic heterocycles. The molecule has 0 saturated heterocycles. The molecule has 2 aromatic heterocycles. The highest BCUT2D eigenvalue weighted by atomic mass is 16.4. The summed E-state index contributed by atoms with van der Waals surface area (Å²) in [5.74, 6) is 0.709. The van der Waals surface area contributed by atoms with Crippen LogP contribution in [0.15, 0.2) is 33.5 Å². The Morgan fingerprint density at radius 1 is 1.42 bits per heavy atom. The lowest BCUT2D eigenvalue weighted by Gasteiger charge is -1.86. The molecule has 0 unspecified atom stereocenters. The Kier molecular flexibility index (Phi) is 1.59. The van der Waals surface area contributed by atoms with Gasteiger partial charge in [-0.3, -0.25) is 0 Å². The van der Waals surface area contributed by atoms with Crippen molar-refractivity contribution in [1.82, 2.24) is 4.98 Å². The lowest BCUT2D eigenvalue weighted by molar-refractivity contribution is 0.568. The van der Waals surface area contributed by atoms with Gasteiger partial charge in [0.25, 0.3) is 6.01 Å². The van der Waals surface area contributed by atoms with Crippen molar-refractivity contribution in [2.45, 2.75) is 0 Å². The zero-order valence-corrected chi connectivity index (χ0v) is 6.57. The molecule has 12 heavy (non-hydrogen) atoms. The van der Waals surface area contributed by atoms with Crippen LogP contribution in [0.25, 0.3) is 11.5 Å². The molecule has 1 N–H and O–H groups in total. The van der Waals surface area contributed by atoms with E-state index in [2.05, 4.69) is 10.3 Å². The Morgan fingerprint density at radius 2 is 2.33 bits per heavy atom. The average Bonchev–Trinajstić information content (AvgIpc) is 2.75. The largest absolute Gasteiger partial charge is 0.463 e. The van der Waals surface area contributed by atoms with Crippen molar-refractivity contribution in [3.8, 4) is 11.5 Å². The van der Waals surface area contributed by atoms with Gasteiger partial charge in [0.2, 0.25) is 0 Å². The number of aromatic nitrogens is 1. The number of hydrogen-bond donors (Lipinski definition) is 1. The molecule has 0 radical (unpaired) electrons. The Labute approximate surface area is 69.2 Å². The van der Waals surface area contributed by atoms with Crippen molar-refractivity contribution in [2.24, 2.45) is 0 Å². The highest BCUT2D eigenvalue weighted by Crippen LogP contribution is 2.20. The number of oxazole rings is 1. The Hall–Kier alpha value is -1.71. The smallest absolute Gasteiger partial charge is 0.294 e. The molecule has 0 amide bonds. The number of hydrogen-bond acceptors (Lipinski definition) is 4. The highest BCUT2D eigenvalue weighted by molar-refractivity contribution is 5.51. The average molecular weight is 164 g/mol. The van der Waals surface area contributed by atoms with Crippen molar-refractivity contribution in [3.05, 3.63) is 24.7 Å². The molecule has 2 aromatic rings. The monoisotopic (exact) mass is 164 g/mol. The van der Waals surface area contributed by atoms with Gasteiger partial charge in [-0.1, -0.05) is 0 Å². The minimum absolute atomic E-state index is 0.487. The molecule has 0 aromatic carbocycles. The van der Waals surface area contributed by atoms with E-state index < -0.39 is 0 Å². The van der Waals surface area contributed by atoms with Crippen molar-refractivity contribution >= 4 is 6.01 Å². The van der Waals surface area contributed by atoms with Crippen LogP contribution in [0.2, 0.25) is 0 Å². The third-order valence-electron chi connectivity index (χ3n) is 1.49. The quantitative estimate of drug-likeness (QED) is 0.737. The van der Waals surface area contributed by atoms with Gasteiger partial charge < -0.3 is 14.2 Å². The van der Waals surface area contributed by atoms with Gasteiger partial charge in [0.05, 0.1) is 6.26 Å². The molecule has 4 heteroatoms. The van der Waals surface area contributed by atoms with E-state index in [9.17, 15) is 0 Å². The molecule has 0 bridgehead atoms. The Morgan fingerprint density at radius 3 is 2.92 bits per heavy atom. The summed E-state index contributed by atoms with van der Waals surface area (Å²) in [6.45, 7) is 0. The van der Waals surface area contributed by atoms with E-state index >= 15 is 0 Å². The fourth-order valence-electron chi connectivity index (χ4n) is 0.926. The van der Waals surface area contributed by atoms with Crippen molar-refractivity contribution in [1.29, 1.82) is 0 Å². The van der Waals surface area contributed by atoms with Crippen LogP contribution in [0.5, 0.6) is 0 Å². The predicted octanol–water partition coefficient (Wildman–Crippen LogP) is 1.98. The summed E-state index contributed by atoms with van der Waals surface area (Å²) in [5, 5.41) is 2.79. The summed E-state index contributed by atoms with van der Waals surface area (Å²) in [6.07, 6.45) is 3.15. The fourth-order valence-corrected chi connectivity index (χ4v) is 0.926. The van der Waals surface area contributed by atoms with Crippen LogP contribution in [-0.4, -0.2) is 12.0 Å². The van der Waals surface area contributed by atoms with Gasteiger partial charge in [-0.05, 0) is 12.1 Å². The molecule has 0 atom stereocenters. The van der Waals surface area contributed by atoms with Crippen molar-refractivity contribution in [3.63, 3.8) is 0 Å². The maximum Gasteiger partial charge on any atom is 0.294 e. The number of furan rings is 1. The first-order valence-electron chi connectivity index (χ1n) is 3.57. The van der Waals surface area contributed by atoms with E-state index in [1.165, 1.54) is 0 Å². The SMILES string of the molecule is CNc1nc(-c2ccco2)co1. The normalized spacial score (nSPS) is 10.1. The first kappa shape index (κ1) is 6.97. The van der Waals surface area contributed by atoms with Crippen LogP contribution in [0, 0.1) is 0 Å². The molecule has 2 heterocycles. The number of rotatable bonds is 2. The Bertz CT molecular complexity index is 351. The van der Waals surface area contributed by atoms with Crippen molar-refractivity contribution in [2.75, 3.05) is 12.4 Å². The van der Waals surface area contributed by atoms with Crippen molar-refractivity contribution < 1.29 is 8.83 Å². The molecular weight excluding hydrogens is 156 g/mol. The highest BCUT2D eigenvalue weighted by Gasteiger charge is 2.05. The van der Waals surface area contributed by atoms with E-state index in [1.54, 1.807) is 19.6 Å². The Balaban J connectivity index is 2.35. The summed E-state index contributed by atoms with van der Waals surface area (Å²) in [5.41, 5.74) is 0.698. The second-order valence-corrected chi connectivity index (χ2v) is 2.27. The topological polar surface area (TPSA) is 51.2 Å². The van der Waals surface area contributed by atoms with Gasteiger partial charge in [0.1, 0.15) is 12.0 Å². The maximum atomic E-state index is 5.13. The molecule has 0 saturated carbocycles. The van der Waals surface area contributed by atoms with Crippen LogP contribution in [0.3, 0.4) is 0 Å². The molecule has 62 valence electrons. The lowest BCUT2D eigenvalue weighted by atomic mass is 10.4. The predicted molar refractivity (Wildman–Crippen MR) is 43.8 cm³/mol. The third kappa shape index (κ3) is 1.07. The zero-order valence-electron chi connectivity index (χ0n) is 6.57. The fraction of sp³-hybridized carbons (Fsp3) is 0.125. The minimum atomic E-state index is 0.487. The van der Waals surface area contributed by atoms with E-state index in [4.69, 9.17) is 8.83 Å². The summed E-state index contributed by atoms with van der Waals surface area (Å²) in [4.78, 5) is 4.10. The van der Waals surface area contributed by atoms with Crippen LogP contribution in [-0.2, 0) is 0 Å². The first-order valence-corrected chi connectivity index (χ1v) is 3.57. The molecule has 0 spiro atoms. The molecule has 0 aliphatic carbocycles. The van der Waals surface area contributed by atoms with E-state index in [-0.39, 0.29) is 0 Å². The van der Waals surface area contributed by atoms with E-state index in [0.717, 1.165) is 0 Å². The van der Waals surface area contributed by atoms with Gasteiger partial charge in [-0.15, -0.1) is 0 Å². The second kappa shape index (κ2) is 2.73. The number of nitrogens with one attached hydrogen (secondary N) is 1. The van der Waals surface area contributed by atoms with Gasteiger partial charge >= 0.3 is 0 Å². The molecular formula is C8H8N2O2. The number of nitrogens with zero attached hydrogens (tertiary/aromatic N) is 1. The zero-order chi connectivity index (χ0) is 8.39. The summed E-state index contributed by atoms with van der Waals surface area (Å²) >= 11 is 0. The minimum Gasteiger partial charge on any atom is -0.463 e. The summed E-state index contributed by atoms with van der Waals surface area (Å²) < 4.78 is 10.2. The van der Waals surface area contributed by atoms with Crippen LogP contribution < -0.4 is 5.32 Å². The molecule has 2 rings (SSSR count). The van der Waals surface area contributed by atoms with Gasteiger partial charge in [-0.25, -0.2) is 0 Å². The third-order valence-corrected chi connectivity index (χ3v) is 1.49. The first-order chi connectivity index (χ1) is 5.90. The molecule has 4 nitrogen and oxygen atoms in total. The lowest BCUT2D eigenvalue weighted by Crippen LogP contribution is -1.86. The van der Waals surface area contributed by atoms with Crippen LogP contribution in [0.4, 0.5) is 6.01 Å². The molecule has 0 aliphatic rings. The maximum absolute atomic E-state index is 5.13. The standard InChI is InChI=1S/C8H8N2O2/c1-9-8-10-6(5-12-8)7-3-2-4-11-7/h2-5H,1H3,(H,9,10). The second-order valence-electron chi connectivity index (χ2n) is 2.27. The van der Waals surface area contributed by atoms with Gasteiger partial charge in [0, 0.05) is 7.05 Å². The molecule has 0 fully saturated rings. The number of anilines is 1.